The molecule has 2 heterocycles. The van der Waals surface area contributed by atoms with Gasteiger partial charge >= 0.3 is 5.97 Å². The SMILES string of the molecule is CCOC(=O)[C@@H]1CS[C@H]2c3cc(OC)c(OC)cc3C(=O)N12. The van der Waals surface area contributed by atoms with E-state index in [1.54, 1.807) is 36.8 Å². The first-order valence-electron chi connectivity index (χ1n) is 6.99. The molecule has 1 saturated heterocycles. The monoisotopic (exact) mass is 323 g/mol. The van der Waals surface area contributed by atoms with Crippen molar-refractivity contribution in [1.82, 2.24) is 4.90 Å². The van der Waals surface area contributed by atoms with Crippen LogP contribution in [0.25, 0.3) is 0 Å². The standard InChI is InChI=1S/C15H17NO5S/c1-4-21-15(18)10-7-22-14-9-6-12(20-3)11(19-2)5-8(9)13(17)16(10)14/h5-6,10,14H,4,7H2,1-3H3/t10-,14-/m0/s1. The van der Waals surface area contributed by atoms with Crippen molar-refractivity contribution in [1.29, 1.82) is 0 Å². The molecule has 1 aromatic rings. The lowest BCUT2D eigenvalue weighted by molar-refractivity contribution is -0.147. The predicted octanol–water partition coefficient (Wildman–Crippen LogP) is 1.84. The van der Waals surface area contributed by atoms with Gasteiger partial charge in [-0.25, -0.2) is 4.79 Å². The van der Waals surface area contributed by atoms with Crippen LogP contribution in [0.1, 0.15) is 28.2 Å². The van der Waals surface area contributed by atoms with Gasteiger partial charge in [0.05, 0.1) is 20.8 Å². The van der Waals surface area contributed by atoms with Gasteiger partial charge in [0, 0.05) is 16.9 Å². The zero-order valence-electron chi connectivity index (χ0n) is 12.6. The molecule has 0 aliphatic carbocycles. The van der Waals surface area contributed by atoms with Gasteiger partial charge in [-0.05, 0) is 19.1 Å². The van der Waals surface area contributed by atoms with Gasteiger partial charge in [-0.15, -0.1) is 11.8 Å². The summed E-state index contributed by atoms with van der Waals surface area (Å²) in [7, 11) is 3.09. The minimum absolute atomic E-state index is 0.163. The van der Waals surface area contributed by atoms with Gasteiger partial charge in [0.15, 0.2) is 11.5 Å². The Morgan fingerprint density at radius 1 is 1.32 bits per heavy atom. The number of thioether (sulfide) groups is 1. The zero-order chi connectivity index (χ0) is 15.9. The highest BCUT2D eigenvalue weighted by Gasteiger charge is 2.49. The summed E-state index contributed by atoms with van der Waals surface area (Å²) in [6.45, 7) is 2.06. The molecule has 2 aliphatic heterocycles. The molecule has 0 radical (unpaired) electrons. The molecule has 2 atom stereocenters. The Hall–Kier alpha value is -1.89. The number of amides is 1. The molecule has 6 nitrogen and oxygen atoms in total. The van der Waals surface area contributed by atoms with Gasteiger partial charge in [-0.3, -0.25) is 4.79 Å². The van der Waals surface area contributed by atoms with Crippen LogP contribution in [0.15, 0.2) is 12.1 Å². The van der Waals surface area contributed by atoms with Crippen LogP contribution in [0.3, 0.4) is 0 Å². The molecule has 7 heteroatoms. The molecule has 22 heavy (non-hydrogen) atoms. The van der Waals surface area contributed by atoms with Crippen molar-refractivity contribution < 1.29 is 23.8 Å². The van der Waals surface area contributed by atoms with Crippen LogP contribution in [-0.4, -0.2) is 49.4 Å². The first-order chi connectivity index (χ1) is 10.6. The largest absolute Gasteiger partial charge is 0.493 e. The molecule has 0 unspecified atom stereocenters. The van der Waals surface area contributed by atoms with E-state index < -0.39 is 6.04 Å². The van der Waals surface area contributed by atoms with Crippen molar-refractivity contribution in [3.8, 4) is 11.5 Å². The molecular formula is C15H17NO5S. The minimum Gasteiger partial charge on any atom is -0.493 e. The van der Waals surface area contributed by atoms with Crippen molar-refractivity contribution in [3.05, 3.63) is 23.3 Å². The number of fused-ring (bicyclic) bond motifs is 3. The molecule has 1 amide bonds. The second-order valence-corrected chi connectivity index (χ2v) is 6.07. The van der Waals surface area contributed by atoms with E-state index >= 15 is 0 Å². The van der Waals surface area contributed by atoms with E-state index in [1.807, 2.05) is 6.07 Å². The molecule has 3 rings (SSSR count). The highest BCUT2D eigenvalue weighted by Crippen LogP contribution is 2.50. The minimum atomic E-state index is -0.535. The van der Waals surface area contributed by atoms with Crippen LogP contribution < -0.4 is 9.47 Å². The average Bonchev–Trinajstić information content (AvgIpc) is 3.07. The van der Waals surface area contributed by atoms with E-state index in [4.69, 9.17) is 14.2 Å². The summed E-state index contributed by atoms with van der Waals surface area (Å²) in [5.74, 6) is 1.12. The third kappa shape index (κ3) is 2.11. The number of ether oxygens (including phenoxy) is 3. The number of esters is 1. The fourth-order valence-corrected chi connectivity index (χ4v) is 4.28. The van der Waals surface area contributed by atoms with Crippen molar-refractivity contribution >= 4 is 23.6 Å². The zero-order valence-corrected chi connectivity index (χ0v) is 13.4. The van der Waals surface area contributed by atoms with Crippen molar-refractivity contribution in [2.24, 2.45) is 0 Å². The second kappa shape index (κ2) is 5.72. The third-order valence-corrected chi connectivity index (χ3v) is 5.15. The summed E-state index contributed by atoms with van der Waals surface area (Å²) >= 11 is 1.56. The molecule has 2 aliphatic rings. The van der Waals surface area contributed by atoms with Gasteiger partial charge in [0.2, 0.25) is 0 Å². The Morgan fingerprint density at radius 2 is 2.00 bits per heavy atom. The highest BCUT2D eigenvalue weighted by molar-refractivity contribution is 7.99. The molecule has 0 bridgehead atoms. The molecule has 0 saturated carbocycles. The van der Waals surface area contributed by atoms with Crippen molar-refractivity contribution in [2.75, 3.05) is 26.6 Å². The maximum atomic E-state index is 12.7. The smallest absolute Gasteiger partial charge is 0.329 e. The summed E-state index contributed by atoms with van der Waals surface area (Å²) in [6, 6.07) is 2.96. The highest BCUT2D eigenvalue weighted by atomic mass is 32.2. The van der Waals surface area contributed by atoms with Gasteiger partial charge in [0.1, 0.15) is 11.4 Å². The Labute approximate surface area is 132 Å². The first kappa shape index (κ1) is 15.0. The Balaban J connectivity index is 1.98. The van der Waals surface area contributed by atoms with E-state index in [9.17, 15) is 9.59 Å². The summed E-state index contributed by atoms with van der Waals surface area (Å²) in [5, 5.41) is -0.170. The molecule has 0 N–H and O–H groups in total. The van der Waals surface area contributed by atoms with E-state index in [-0.39, 0.29) is 17.3 Å². The van der Waals surface area contributed by atoms with E-state index in [0.29, 0.717) is 29.4 Å². The Bertz CT molecular complexity index is 633. The van der Waals surface area contributed by atoms with Gasteiger partial charge in [-0.2, -0.15) is 0 Å². The van der Waals surface area contributed by atoms with Crippen molar-refractivity contribution in [2.45, 2.75) is 18.3 Å². The number of methoxy groups -OCH3 is 2. The van der Waals surface area contributed by atoms with Crippen LogP contribution in [0, 0.1) is 0 Å². The molecule has 0 spiro atoms. The fraction of sp³-hybridized carbons (Fsp3) is 0.467. The summed E-state index contributed by atoms with van der Waals surface area (Å²) in [6.07, 6.45) is 0. The number of carbonyl (C=O) groups is 2. The Kier molecular flexibility index (Phi) is 3.90. The molecular weight excluding hydrogens is 306 g/mol. The van der Waals surface area contributed by atoms with E-state index in [2.05, 4.69) is 0 Å². The number of rotatable bonds is 4. The quantitative estimate of drug-likeness (QED) is 0.788. The second-order valence-electron chi connectivity index (χ2n) is 4.96. The van der Waals surface area contributed by atoms with Crippen LogP contribution in [-0.2, 0) is 9.53 Å². The van der Waals surface area contributed by atoms with Crippen molar-refractivity contribution in [3.63, 3.8) is 0 Å². The average molecular weight is 323 g/mol. The van der Waals surface area contributed by atoms with Crippen LogP contribution in [0.4, 0.5) is 0 Å². The number of benzene rings is 1. The molecule has 0 aromatic heterocycles. The lowest BCUT2D eigenvalue weighted by Gasteiger charge is -2.21. The third-order valence-electron chi connectivity index (χ3n) is 3.85. The first-order valence-corrected chi connectivity index (χ1v) is 8.04. The molecule has 118 valence electrons. The van der Waals surface area contributed by atoms with Crippen LogP contribution in [0.2, 0.25) is 0 Å². The Morgan fingerprint density at radius 3 is 2.64 bits per heavy atom. The van der Waals surface area contributed by atoms with Crippen LogP contribution >= 0.6 is 11.8 Å². The van der Waals surface area contributed by atoms with Crippen LogP contribution in [0.5, 0.6) is 11.5 Å². The fourth-order valence-electron chi connectivity index (χ4n) is 2.84. The van der Waals surface area contributed by atoms with Gasteiger partial charge < -0.3 is 19.1 Å². The normalized spacial score (nSPS) is 22.3. The lowest BCUT2D eigenvalue weighted by Crippen LogP contribution is -2.40. The van der Waals surface area contributed by atoms with Gasteiger partial charge in [0.25, 0.3) is 5.91 Å². The number of carbonyl (C=O) groups excluding carboxylic acids is 2. The maximum absolute atomic E-state index is 12.7. The summed E-state index contributed by atoms with van der Waals surface area (Å²) in [4.78, 5) is 26.3. The van der Waals surface area contributed by atoms with E-state index in [1.165, 1.54) is 7.11 Å². The summed E-state index contributed by atoms with van der Waals surface area (Å²) < 4.78 is 15.6. The maximum Gasteiger partial charge on any atom is 0.329 e. The lowest BCUT2D eigenvalue weighted by atomic mass is 10.1. The summed E-state index contributed by atoms with van der Waals surface area (Å²) in [5.41, 5.74) is 1.42. The van der Waals surface area contributed by atoms with Gasteiger partial charge in [-0.1, -0.05) is 0 Å². The topological polar surface area (TPSA) is 65.1 Å². The molecule has 1 aromatic carbocycles. The number of hydrogen-bond donors (Lipinski definition) is 0. The predicted molar refractivity (Wildman–Crippen MR) is 81.3 cm³/mol. The molecule has 1 fully saturated rings. The number of nitrogens with zero attached hydrogens (tertiary/aromatic N) is 1. The van der Waals surface area contributed by atoms with E-state index in [0.717, 1.165) is 5.56 Å². The number of hydrogen-bond acceptors (Lipinski definition) is 6.